The van der Waals surface area contributed by atoms with Crippen LogP contribution in [0.5, 0.6) is 0 Å². The molecule has 3 nitrogen and oxygen atoms in total. The Balaban J connectivity index is 1.35. The topological polar surface area (TPSA) is 21.1 Å². The Kier molecular flexibility index (Phi) is 4.98. The molecule has 2 heterocycles. The highest BCUT2D eigenvalue weighted by atomic mass is 15.2. The first-order valence-electron chi connectivity index (χ1n) is 9.65. The minimum atomic E-state index is 0.762. The summed E-state index contributed by atoms with van der Waals surface area (Å²) in [7, 11) is 0. The molecule has 4 rings (SSSR count). The molecule has 1 saturated heterocycles. The smallest absolute Gasteiger partial charge is 0.0945 e. The molecular formula is C21H29N3. The van der Waals surface area contributed by atoms with Gasteiger partial charge in [0.2, 0.25) is 0 Å². The van der Waals surface area contributed by atoms with Crippen molar-refractivity contribution in [3.8, 4) is 0 Å². The number of piperidine rings is 1. The van der Waals surface area contributed by atoms with Gasteiger partial charge in [-0.25, -0.2) is 4.98 Å². The number of fused-ring (bicyclic) bond motifs is 1. The second kappa shape index (κ2) is 7.52. The molecule has 1 aromatic carbocycles. The van der Waals surface area contributed by atoms with E-state index in [0.29, 0.717) is 0 Å². The van der Waals surface area contributed by atoms with Crippen molar-refractivity contribution in [2.45, 2.75) is 57.5 Å². The zero-order valence-corrected chi connectivity index (χ0v) is 14.6. The van der Waals surface area contributed by atoms with Crippen molar-refractivity contribution in [2.24, 2.45) is 5.92 Å². The first kappa shape index (κ1) is 15.9. The molecule has 2 aromatic rings. The standard InChI is InChI=1S/C21H29N3/c1-2-6-20-15-18(8-9-19(20)5-1)16-24-12-4-3-7-21(24)10-13-23-14-11-22-17-23/h1-2,5-6,11,14,17-18,21H,3-4,7-10,12-13,15-16H2. The van der Waals surface area contributed by atoms with Gasteiger partial charge in [0.05, 0.1) is 6.33 Å². The van der Waals surface area contributed by atoms with E-state index >= 15 is 0 Å². The number of hydrogen-bond donors (Lipinski definition) is 0. The Morgan fingerprint density at radius 2 is 2.00 bits per heavy atom. The van der Waals surface area contributed by atoms with E-state index in [4.69, 9.17) is 0 Å². The fourth-order valence-corrected chi connectivity index (χ4v) is 4.61. The highest BCUT2D eigenvalue weighted by Gasteiger charge is 2.26. The lowest BCUT2D eigenvalue weighted by Crippen LogP contribution is -2.43. The molecule has 3 heteroatoms. The summed E-state index contributed by atoms with van der Waals surface area (Å²) in [5, 5.41) is 0. The number of aromatic nitrogens is 2. The van der Waals surface area contributed by atoms with Gasteiger partial charge in [-0.2, -0.15) is 0 Å². The highest BCUT2D eigenvalue weighted by molar-refractivity contribution is 5.29. The van der Waals surface area contributed by atoms with Crippen LogP contribution in [0.25, 0.3) is 0 Å². The fourth-order valence-electron chi connectivity index (χ4n) is 4.61. The molecule has 0 spiro atoms. The molecule has 24 heavy (non-hydrogen) atoms. The molecule has 0 saturated carbocycles. The Bertz CT molecular complexity index is 634. The number of likely N-dealkylation sites (tertiary alicyclic amines) is 1. The van der Waals surface area contributed by atoms with Gasteiger partial charge in [-0.3, -0.25) is 0 Å². The minimum absolute atomic E-state index is 0.762. The molecule has 2 atom stereocenters. The monoisotopic (exact) mass is 323 g/mol. The predicted molar refractivity (Wildman–Crippen MR) is 98.0 cm³/mol. The molecule has 0 radical (unpaired) electrons. The number of nitrogens with zero attached hydrogens (tertiary/aromatic N) is 3. The van der Waals surface area contributed by atoms with Gasteiger partial charge in [-0.15, -0.1) is 0 Å². The SMILES string of the molecule is c1ccc2c(c1)CCC(CN1CCCCC1CCn1ccnc1)C2. The van der Waals surface area contributed by atoms with Gasteiger partial charge in [-0.1, -0.05) is 30.7 Å². The van der Waals surface area contributed by atoms with Gasteiger partial charge in [0, 0.05) is 31.5 Å². The van der Waals surface area contributed by atoms with Crippen molar-refractivity contribution in [1.82, 2.24) is 14.5 Å². The third kappa shape index (κ3) is 3.72. The van der Waals surface area contributed by atoms with Crippen molar-refractivity contribution < 1.29 is 0 Å². The molecule has 0 bridgehead atoms. The summed E-state index contributed by atoms with van der Waals surface area (Å²) in [6.07, 6.45) is 15.3. The number of rotatable bonds is 5. The van der Waals surface area contributed by atoms with Crippen LogP contribution in [0.2, 0.25) is 0 Å². The molecule has 1 aromatic heterocycles. The third-order valence-corrected chi connectivity index (χ3v) is 5.97. The number of imidazole rings is 1. The molecule has 0 amide bonds. The molecular weight excluding hydrogens is 294 g/mol. The molecule has 2 aliphatic rings. The Morgan fingerprint density at radius 3 is 2.88 bits per heavy atom. The number of hydrogen-bond acceptors (Lipinski definition) is 2. The van der Waals surface area contributed by atoms with Crippen molar-refractivity contribution in [3.63, 3.8) is 0 Å². The summed E-state index contributed by atoms with van der Waals surface area (Å²) in [5.41, 5.74) is 3.18. The van der Waals surface area contributed by atoms with Crippen LogP contribution in [0.4, 0.5) is 0 Å². The van der Waals surface area contributed by atoms with E-state index in [2.05, 4.69) is 44.9 Å². The number of benzene rings is 1. The zero-order valence-electron chi connectivity index (χ0n) is 14.6. The van der Waals surface area contributed by atoms with Gasteiger partial charge in [-0.05, 0) is 62.1 Å². The molecule has 1 fully saturated rings. The van der Waals surface area contributed by atoms with Crippen LogP contribution in [0.3, 0.4) is 0 Å². The van der Waals surface area contributed by atoms with Gasteiger partial charge >= 0.3 is 0 Å². The average molecular weight is 323 g/mol. The maximum absolute atomic E-state index is 4.17. The van der Waals surface area contributed by atoms with Crippen molar-refractivity contribution in [3.05, 3.63) is 54.1 Å². The Hall–Kier alpha value is -1.61. The van der Waals surface area contributed by atoms with E-state index in [0.717, 1.165) is 18.5 Å². The zero-order chi connectivity index (χ0) is 16.2. The van der Waals surface area contributed by atoms with Crippen LogP contribution in [0.15, 0.2) is 43.0 Å². The van der Waals surface area contributed by atoms with Crippen LogP contribution in [-0.4, -0.2) is 33.6 Å². The summed E-state index contributed by atoms with van der Waals surface area (Å²) in [5.74, 6) is 0.841. The first-order chi connectivity index (χ1) is 11.9. The van der Waals surface area contributed by atoms with Crippen LogP contribution < -0.4 is 0 Å². The molecule has 1 aliphatic carbocycles. The average Bonchev–Trinajstić information content (AvgIpc) is 3.14. The predicted octanol–water partition coefficient (Wildman–Crippen LogP) is 3.93. The third-order valence-electron chi connectivity index (χ3n) is 5.97. The van der Waals surface area contributed by atoms with E-state index in [9.17, 15) is 0 Å². The van der Waals surface area contributed by atoms with E-state index in [1.54, 1.807) is 11.1 Å². The van der Waals surface area contributed by atoms with Crippen LogP contribution >= 0.6 is 0 Å². The second-order valence-corrected chi connectivity index (χ2v) is 7.61. The lowest BCUT2D eigenvalue weighted by Gasteiger charge is -2.39. The summed E-state index contributed by atoms with van der Waals surface area (Å²) in [6, 6.07) is 9.82. The van der Waals surface area contributed by atoms with E-state index in [1.165, 1.54) is 58.0 Å². The second-order valence-electron chi connectivity index (χ2n) is 7.61. The summed E-state index contributed by atoms with van der Waals surface area (Å²) in [6.45, 7) is 3.70. The quantitative estimate of drug-likeness (QED) is 0.831. The maximum Gasteiger partial charge on any atom is 0.0945 e. The van der Waals surface area contributed by atoms with Gasteiger partial charge in [0.1, 0.15) is 0 Å². The Morgan fingerprint density at radius 1 is 1.08 bits per heavy atom. The largest absolute Gasteiger partial charge is 0.337 e. The number of aryl methyl sites for hydroxylation is 2. The summed E-state index contributed by atoms with van der Waals surface area (Å²) >= 11 is 0. The van der Waals surface area contributed by atoms with Crippen LogP contribution in [0, 0.1) is 5.92 Å². The van der Waals surface area contributed by atoms with Gasteiger partial charge in [0.15, 0.2) is 0 Å². The summed E-state index contributed by atoms with van der Waals surface area (Å²) < 4.78 is 2.23. The molecule has 1 aliphatic heterocycles. The molecule has 2 unspecified atom stereocenters. The first-order valence-corrected chi connectivity index (χ1v) is 9.65. The van der Waals surface area contributed by atoms with Crippen LogP contribution in [-0.2, 0) is 19.4 Å². The minimum Gasteiger partial charge on any atom is -0.337 e. The van der Waals surface area contributed by atoms with Gasteiger partial charge < -0.3 is 9.47 Å². The van der Waals surface area contributed by atoms with E-state index in [1.807, 2.05) is 12.5 Å². The Labute approximate surface area is 145 Å². The van der Waals surface area contributed by atoms with Crippen molar-refractivity contribution >= 4 is 0 Å². The molecule has 0 N–H and O–H groups in total. The highest BCUT2D eigenvalue weighted by Crippen LogP contribution is 2.28. The fraction of sp³-hybridized carbons (Fsp3) is 0.571. The molecule has 128 valence electrons. The van der Waals surface area contributed by atoms with E-state index in [-0.39, 0.29) is 0 Å². The van der Waals surface area contributed by atoms with E-state index < -0.39 is 0 Å². The van der Waals surface area contributed by atoms with Crippen LogP contribution in [0.1, 0.15) is 43.2 Å². The van der Waals surface area contributed by atoms with Crippen molar-refractivity contribution in [1.29, 1.82) is 0 Å². The lowest BCUT2D eigenvalue weighted by atomic mass is 9.83. The maximum atomic E-state index is 4.17. The lowest BCUT2D eigenvalue weighted by molar-refractivity contribution is 0.111. The van der Waals surface area contributed by atoms with Crippen molar-refractivity contribution in [2.75, 3.05) is 13.1 Å². The van der Waals surface area contributed by atoms with Gasteiger partial charge in [0.25, 0.3) is 0 Å². The summed E-state index contributed by atoms with van der Waals surface area (Å²) in [4.78, 5) is 6.97. The normalized spacial score (nSPS) is 24.7.